The molecule has 1 heterocycles. The van der Waals surface area contributed by atoms with Gasteiger partial charge in [0.05, 0.1) is 5.69 Å². The molecule has 1 saturated carbocycles. The van der Waals surface area contributed by atoms with Gasteiger partial charge in [-0.25, -0.2) is 9.37 Å². The molecular weight excluding hydrogens is 359 g/mol. The Labute approximate surface area is 161 Å². The molecule has 136 valence electrons. The van der Waals surface area contributed by atoms with Crippen LogP contribution in [0, 0.1) is 11.7 Å². The summed E-state index contributed by atoms with van der Waals surface area (Å²) in [6.45, 7) is 4.21. The quantitative estimate of drug-likeness (QED) is 0.547. The maximum absolute atomic E-state index is 13.1. The fraction of sp³-hybridized carbons (Fsp3) is 0.182. The van der Waals surface area contributed by atoms with E-state index in [4.69, 9.17) is 0 Å². The van der Waals surface area contributed by atoms with E-state index in [1.807, 2.05) is 35.7 Å². The van der Waals surface area contributed by atoms with E-state index < -0.39 is 0 Å². The molecule has 2 atom stereocenters. The molecule has 0 saturated heterocycles. The summed E-state index contributed by atoms with van der Waals surface area (Å²) in [4.78, 5) is 19.4. The molecule has 0 aliphatic heterocycles. The van der Waals surface area contributed by atoms with Gasteiger partial charge in [0.2, 0.25) is 5.91 Å². The molecule has 3 nitrogen and oxygen atoms in total. The molecule has 5 heteroatoms. The Morgan fingerprint density at radius 2 is 1.96 bits per heavy atom. The van der Waals surface area contributed by atoms with Crippen LogP contribution in [0.2, 0.25) is 0 Å². The SMILES string of the molecule is C=CCN(C(=O)C1CC1c1ccc(F)cc1)c1nc(-c2ccccc2)cs1. The van der Waals surface area contributed by atoms with Gasteiger partial charge in [-0.3, -0.25) is 9.69 Å². The number of halogens is 1. The Morgan fingerprint density at radius 3 is 2.67 bits per heavy atom. The summed E-state index contributed by atoms with van der Waals surface area (Å²) in [7, 11) is 0. The van der Waals surface area contributed by atoms with Crippen molar-refractivity contribution in [3.63, 3.8) is 0 Å². The van der Waals surface area contributed by atoms with E-state index in [9.17, 15) is 9.18 Å². The third kappa shape index (κ3) is 3.69. The maximum Gasteiger partial charge on any atom is 0.232 e. The van der Waals surface area contributed by atoms with Crippen molar-refractivity contribution < 1.29 is 9.18 Å². The molecule has 1 aliphatic carbocycles. The second kappa shape index (κ2) is 7.45. The molecule has 1 aliphatic rings. The van der Waals surface area contributed by atoms with Crippen molar-refractivity contribution >= 4 is 22.4 Å². The van der Waals surface area contributed by atoms with Gasteiger partial charge >= 0.3 is 0 Å². The highest BCUT2D eigenvalue weighted by Gasteiger charge is 2.46. The number of aromatic nitrogens is 1. The predicted molar refractivity (Wildman–Crippen MR) is 107 cm³/mol. The predicted octanol–water partition coefficient (Wildman–Crippen LogP) is 5.27. The molecule has 0 N–H and O–H groups in total. The molecular formula is C22H19FN2OS. The highest BCUT2D eigenvalue weighted by atomic mass is 32.1. The third-order valence-corrected chi connectivity index (χ3v) is 5.64. The minimum Gasteiger partial charge on any atom is -0.284 e. The van der Waals surface area contributed by atoms with Crippen LogP contribution in [0.25, 0.3) is 11.3 Å². The molecule has 4 rings (SSSR count). The summed E-state index contributed by atoms with van der Waals surface area (Å²) in [5, 5.41) is 2.65. The first-order valence-electron chi connectivity index (χ1n) is 8.86. The number of rotatable bonds is 6. The van der Waals surface area contributed by atoms with Crippen LogP contribution in [-0.4, -0.2) is 17.4 Å². The van der Waals surface area contributed by atoms with E-state index in [1.165, 1.54) is 23.5 Å². The maximum atomic E-state index is 13.1. The van der Waals surface area contributed by atoms with Crippen LogP contribution < -0.4 is 4.90 Å². The van der Waals surface area contributed by atoms with Crippen molar-refractivity contribution in [2.45, 2.75) is 12.3 Å². The zero-order valence-corrected chi connectivity index (χ0v) is 15.5. The molecule has 3 aromatic rings. The highest BCUT2D eigenvalue weighted by molar-refractivity contribution is 7.14. The molecule has 27 heavy (non-hydrogen) atoms. The van der Waals surface area contributed by atoms with Crippen molar-refractivity contribution in [3.05, 3.63) is 84.0 Å². The van der Waals surface area contributed by atoms with Crippen molar-refractivity contribution in [3.8, 4) is 11.3 Å². The first-order valence-corrected chi connectivity index (χ1v) is 9.74. The second-order valence-electron chi connectivity index (χ2n) is 6.62. The Bertz CT molecular complexity index is 952. The number of benzene rings is 2. The van der Waals surface area contributed by atoms with Crippen LogP contribution in [0.15, 0.2) is 72.6 Å². The molecule has 2 aromatic carbocycles. The largest absolute Gasteiger partial charge is 0.284 e. The summed E-state index contributed by atoms with van der Waals surface area (Å²) in [5.74, 6) is -0.136. The topological polar surface area (TPSA) is 33.2 Å². The number of anilines is 1. The van der Waals surface area contributed by atoms with E-state index in [0.29, 0.717) is 11.7 Å². The number of carbonyl (C=O) groups is 1. The van der Waals surface area contributed by atoms with E-state index in [0.717, 1.165) is 23.2 Å². The lowest BCUT2D eigenvalue weighted by molar-refractivity contribution is -0.119. The Hall–Kier alpha value is -2.79. The van der Waals surface area contributed by atoms with Crippen LogP contribution >= 0.6 is 11.3 Å². The van der Waals surface area contributed by atoms with Crippen molar-refractivity contribution in [1.82, 2.24) is 4.98 Å². The summed E-state index contributed by atoms with van der Waals surface area (Å²) >= 11 is 1.46. The molecule has 2 unspecified atom stereocenters. The van der Waals surface area contributed by atoms with E-state index in [-0.39, 0.29) is 23.6 Å². The highest BCUT2D eigenvalue weighted by Crippen LogP contribution is 2.49. The summed E-state index contributed by atoms with van der Waals surface area (Å²) in [5.41, 5.74) is 2.90. The lowest BCUT2D eigenvalue weighted by atomic mass is 10.1. The van der Waals surface area contributed by atoms with Crippen molar-refractivity contribution in [2.24, 2.45) is 5.92 Å². The normalized spacial score (nSPS) is 18.1. The van der Waals surface area contributed by atoms with E-state index in [1.54, 1.807) is 23.1 Å². The fourth-order valence-electron chi connectivity index (χ4n) is 3.27. The first kappa shape index (κ1) is 17.6. The van der Waals surface area contributed by atoms with Gasteiger partial charge in [-0.15, -0.1) is 17.9 Å². The minimum absolute atomic E-state index is 0.0539. The monoisotopic (exact) mass is 378 g/mol. The van der Waals surface area contributed by atoms with Gasteiger partial charge in [-0.2, -0.15) is 0 Å². The number of amides is 1. The van der Waals surface area contributed by atoms with Gasteiger partial charge in [0.15, 0.2) is 5.13 Å². The number of hydrogen-bond acceptors (Lipinski definition) is 3. The minimum atomic E-state index is -0.258. The second-order valence-corrected chi connectivity index (χ2v) is 7.46. The number of thiazole rings is 1. The zero-order chi connectivity index (χ0) is 18.8. The van der Waals surface area contributed by atoms with Gasteiger partial charge in [0.1, 0.15) is 5.82 Å². The Kier molecular flexibility index (Phi) is 4.86. The van der Waals surface area contributed by atoms with Crippen molar-refractivity contribution in [1.29, 1.82) is 0 Å². The number of nitrogens with zero attached hydrogens (tertiary/aromatic N) is 2. The molecule has 0 bridgehead atoms. The van der Waals surface area contributed by atoms with Crippen molar-refractivity contribution in [2.75, 3.05) is 11.4 Å². The van der Waals surface area contributed by atoms with Gasteiger partial charge in [-0.1, -0.05) is 48.5 Å². The molecule has 1 amide bonds. The zero-order valence-electron chi connectivity index (χ0n) is 14.7. The van der Waals surface area contributed by atoms with Crippen LogP contribution in [0.4, 0.5) is 9.52 Å². The lowest BCUT2D eigenvalue weighted by Crippen LogP contribution is -2.32. The number of hydrogen-bond donors (Lipinski definition) is 0. The Balaban J connectivity index is 1.53. The van der Waals surface area contributed by atoms with Crippen LogP contribution in [0.5, 0.6) is 0 Å². The average Bonchev–Trinajstić information content (AvgIpc) is 3.35. The van der Waals surface area contributed by atoms with Crippen LogP contribution in [0.3, 0.4) is 0 Å². The lowest BCUT2D eigenvalue weighted by Gasteiger charge is -2.18. The van der Waals surface area contributed by atoms with Gasteiger partial charge in [0, 0.05) is 23.4 Å². The molecule has 0 radical (unpaired) electrons. The molecule has 0 spiro atoms. The fourth-order valence-corrected chi connectivity index (χ4v) is 4.12. The average molecular weight is 378 g/mol. The van der Waals surface area contributed by atoms with E-state index >= 15 is 0 Å². The van der Waals surface area contributed by atoms with Gasteiger partial charge < -0.3 is 0 Å². The number of carbonyl (C=O) groups excluding carboxylic acids is 1. The summed E-state index contributed by atoms with van der Waals surface area (Å²) in [6, 6.07) is 16.3. The smallest absolute Gasteiger partial charge is 0.232 e. The van der Waals surface area contributed by atoms with Crippen LogP contribution in [0.1, 0.15) is 17.9 Å². The van der Waals surface area contributed by atoms with Gasteiger partial charge in [0.25, 0.3) is 0 Å². The molecule has 1 aromatic heterocycles. The standard InChI is InChI=1S/C22H19FN2OS/c1-2-12-25(22-24-20(14-27-22)16-6-4-3-5-7-16)21(26)19-13-18(19)15-8-10-17(23)11-9-15/h2-11,14,18-19H,1,12-13H2. The Morgan fingerprint density at radius 1 is 1.22 bits per heavy atom. The third-order valence-electron chi connectivity index (χ3n) is 4.78. The summed E-state index contributed by atoms with van der Waals surface area (Å²) in [6.07, 6.45) is 2.51. The van der Waals surface area contributed by atoms with Gasteiger partial charge in [-0.05, 0) is 30.0 Å². The van der Waals surface area contributed by atoms with Crippen LogP contribution in [-0.2, 0) is 4.79 Å². The summed E-state index contributed by atoms with van der Waals surface area (Å²) < 4.78 is 13.1. The molecule has 1 fully saturated rings. The first-order chi connectivity index (χ1) is 13.2. The van der Waals surface area contributed by atoms with E-state index in [2.05, 4.69) is 11.6 Å².